The van der Waals surface area contributed by atoms with Crippen molar-refractivity contribution in [2.75, 3.05) is 6.61 Å². The van der Waals surface area contributed by atoms with Gasteiger partial charge in [-0.3, -0.25) is 0 Å². The number of benzene rings is 1. The zero-order chi connectivity index (χ0) is 13.9. The fourth-order valence-corrected chi connectivity index (χ4v) is 3.74. The summed E-state index contributed by atoms with van der Waals surface area (Å²) < 4.78 is 5.56. The van der Waals surface area contributed by atoms with Gasteiger partial charge in [-0.25, -0.2) is 0 Å². The summed E-state index contributed by atoms with van der Waals surface area (Å²) in [4.78, 5) is 0. The molecule has 0 heterocycles. The quantitative estimate of drug-likeness (QED) is 0.795. The van der Waals surface area contributed by atoms with Crippen LogP contribution in [0.4, 0.5) is 0 Å². The standard InChI is InChI=1S/C18H25NO/c1-3-20-17-6-4-5-15(10-17)12-19-13(2)18-11-14-7-8-16(18)9-14/h4-8,10,13-14,16,18-19H,3,9,11-12H2,1-2H3. The molecule has 0 radical (unpaired) electrons. The number of ether oxygens (including phenoxy) is 1. The molecule has 3 rings (SSSR count). The van der Waals surface area contributed by atoms with Crippen molar-refractivity contribution >= 4 is 0 Å². The van der Waals surface area contributed by atoms with Gasteiger partial charge in [-0.2, -0.15) is 0 Å². The van der Waals surface area contributed by atoms with Crippen molar-refractivity contribution in [3.63, 3.8) is 0 Å². The van der Waals surface area contributed by atoms with E-state index in [-0.39, 0.29) is 0 Å². The van der Waals surface area contributed by atoms with Gasteiger partial charge in [0, 0.05) is 12.6 Å². The number of allylic oxidation sites excluding steroid dienone is 2. The third-order valence-corrected chi connectivity index (χ3v) is 4.81. The highest BCUT2D eigenvalue weighted by Gasteiger charge is 2.38. The molecule has 4 atom stereocenters. The van der Waals surface area contributed by atoms with Crippen LogP contribution in [-0.4, -0.2) is 12.6 Å². The van der Waals surface area contributed by atoms with Crippen LogP contribution in [0.3, 0.4) is 0 Å². The molecule has 1 aromatic carbocycles. The highest BCUT2D eigenvalue weighted by molar-refractivity contribution is 5.28. The molecule has 20 heavy (non-hydrogen) atoms. The molecule has 108 valence electrons. The van der Waals surface area contributed by atoms with Gasteiger partial charge in [0.25, 0.3) is 0 Å². The predicted molar refractivity (Wildman–Crippen MR) is 82.8 cm³/mol. The van der Waals surface area contributed by atoms with Crippen molar-refractivity contribution in [1.82, 2.24) is 5.32 Å². The highest BCUT2D eigenvalue weighted by Crippen LogP contribution is 2.44. The molecule has 2 heteroatoms. The Kier molecular flexibility index (Phi) is 4.11. The Bertz CT molecular complexity index is 482. The van der Waals surface area contributed by atoms with Crippen LogP contribution in [0.15, 0.2) is 36.4 Å². The van der Waals surface area contributed by atoms with Crippen LogP contribution in [0, 0.1) is 17.8 Å². The highest BCUT2D eigenvalue weighted by atomic mass is 16.5. The molecule has 2 bridgehead atoms. The average Bonchev–Trinajstić information content (AvgIpc) is 3.08. The Hall–Kier alpha value is -1.28. The zero-order valence-corrected chi connectivity index (χ0v) is 12.5. The van der Waals surface area contributed by atoms with Crippen LogP contribution in [0.5, 0.6) is 5.75 Å². The van der Waals surface area contributed by atoms with E-state index in [0.717, 1.165) is 36.7 Å². The molecule has 2 aliphatic carbocycles. The second-order valence-corrected chi connectivity index (χ2v) is 6.19. The van der Waals surface area contributed by atoms with Crippen LogP contribution in [0.2, 0.25) is 0 Å². The lowest BCUT2D eigenvalue weighted by atomic mass is 9.87. The summed E-state index contributed by atoms with van der Waals surface area (Å²) in [7, 11) is 0. The third-order valence-electron chi connectivity index (χ3n) is 4.81. The largest absolute Gasteiger partial charge is 0.494 e. The van der Waals surface area contributed by atoms with Crippen LogP contribution in [0.25, 0.3) is 0 Å². The predicted octanol–water partition coefficient (Wildman–Crippen LogP) is 3.78. The number of hydrogen-bond acceptors (Lipinski definition) is 2. The fourth-order valence-electron chi connectivity index (χ4n) is 3.74. The smallest absolute Gasteiger partial charge is 0.119 e. The van der Waals surface area contributed by atoms with Gasteiger partial charge in [0.05, 0.1) is 6.61 Å². The fraction of sp³-hybridized carbons (Fsp3) is 0.556. The monoisotopic (exact) mass is 271 g/mol. The summed E-state index contributed by atoms with van der Waals surface area (Å²) in [6.45, 7) is 6.02. The first-order chi connectivity index (χ1) is 9.76. The van der Waals surface area contributed by atoms with Crippen molar-refractivity contribution in [2.24, 2.45) is 17.8 Å². The van der Waals surface area contributed by atoms with E-state index in [1.165, 1.54) is 18.4 Å². The van der Waals surface area contributed by atoms with E-state index in [2.05, 4.69) is 42.6 Å². The molecule has 2 aliphatic rings. The van der Waals surface area contributed by atoms with Gasteiger partial charge in [0.15, 0.2) is 0 Å². The summed E-state index contributed by atoms with van der Waals surface area (Å²) in [6.07, 6.45) is 7.61. The van der Waals surface area contributed by atoms with Gasteiger partial charge < -0.3 is 10.1 Å². The van der Waals surface area contributed by atoms with E-state index in [1.54, 1.807) is 0 Å². The lowest BCUT2D eigenvalue weighted by Gasteiger charge is -2.26. The molecule has 0 aromatic heterocycles. The topological polar surface area (TPSA) is 21.3 Å². The van der Waals surface area contributed by atoms with E-state index in [9.17, 15) is 0 Å². The molecule has 0 amide bonds. The Morgan fingerprint density at radius 3 is 2.90 bits per heavy atom. The van der Waals surface area contributed by atoms with E-state index in [4.69, 9.17) is 4.74 Å². The van der Waals surface area contributed by atoms with Gasteiger partial charge in [-0.1, -0.05) is 24.3 Å². The molecular weight excluding hydrogens is 246 g/mol. The lowest BCUT2D eigenvalue weighted by Crippen LogP contribution is -2.35. The summed E-state index contributed by atoms with van der Waals surface area (Å²) in [6, 6.07) is 9.00. The molecule has 1 aromatic rings. The van der Waals surface area contributed by atoms with E-state index in [1.807, 2.05) is 13.0 Å². The molecule has 1 N–H and O–H groups in total. The van der Waals surface area contributed by atoms with Crippen molar-refractivity contribution < 1.29 is 4.74 Å². The van der Waals surface area contributed by atoms with Gasteiger partial charge in [0.1, 0.15) is 5.75 Å². The molecular formula is C18H25NO. The van der Waals surface area contributed by atoms with Crippen molar-refractivity contribution in [2.45, 2.75) is 39.3 Å². The Morgan fingerprint density at radius 1 is 1.30 bits per heavy atom. The Morgan fingerprint density at radius 2 is 2.20 bits per heavy atom. The van der Waals surface area contributed by atoms with Crippen molar-refractivity contribution in [3.8, 4) is 5.75 Å². The maximum atomic E-state index is 5.56. The third kappa shape index (κ3) is 2.90. The molecule has 1 fully saturated rings. The maximum absolute atomic E-state index is 5.56. The maximum Gasteiger partial charge on any atom is 0.119 e. The SMILES string of the molecule is CCOc1cccc(CNC(C)C2CC3C=CC2C3)c1. The van der Waals surface area contributed by atoms with Crippen LogP contribution >= 0.6 is 0 Å². The first-order valence-corrected chi connectivity index (χ1v) is 7.89. The molecule has 1 saturated carbocycles. The molecule has 4 unspecified atom stereocenters. The second-order valence-electron chi connectivity index (χ2n) is 6.19. The molecule has 0 saturated heterocycles. The number of rotatable bonds is 6. The first-order valence-electron chi connectivity index (χ1n) is 7.89. The molecule has 0 aliphatic heterocycles. The minimum atomic E-state index is 0.589. The van der Waals surface area contributed by atoms with E-state index in [0.29, 0.717) is 6.04 Å². The van der Waals surface area contributed by atoms with Crippen LogP contribution < -0.4 is 10.1 Å². The minimum Gasteiger partial charge on any atom is -0.494 e. The Balaban J connectivity index is 1.54. The normalized spacial score (nSPS) is 28.8. The van der Waals surface area contributed by atoms with Crippen LogP contribution in [0.1, 0.15) is 32.3 Å². The molecule has 0 spiro atoms. The van der Waals surface area contributed by atoms with Gasteiger partial charge in [-0.15, -0.1) is 0 Å². The minimum absolute atomic E-state index is 0.589. The van der Waals surface area contributed by atoms with Gasteiger partial charge in [-0.05, 0) is 62.1 Å². The number of hydrogen-bond donors (Lipinski definition) is 1. The summed E-state index contributed by atoms with van der Waals surface area (Å²) in [5.74, 6) is 3.47. The first kappa shape index (κ1) is 13.7. The van der Waals surface area contributed by atoms with E-state index >= 15 is 0 Å². The van der Waals surface area contributed by atoms with Crippen molar-refractivity contribution in [3.05, 3.63) is 42.0 Å². The second kappa shape index (κ2) is 6.01. The van der Waals surface area contributed by atoms with Gasteiger partial charge >= 0.3 is 0 Å². The van der Waals surface area contributed by atoms with Crippen LogP contribution in [-0.2, 0) is 6.54 Å². The van der Waals surface area contributed by atoms with Crippen molar-refractivity contribution in [1.29, 1.82) is 0 Å². The summed E-state index contributed by atoms with van der Waals surface area (Å²) in [5, 5.41) is 3.71. The lowest BCUT2D eigenvalue weighted by molar-refractivity contribution is 0.325. The number of nitrogens with one attached hydrogen (secondary N) is 1. The summed E-state index contributed by atoms with van der Waals surface area (Å²) >= 11 is 0. The average molecular weight is 271 g/mol. The Labute approximate surface area is 122 Å². The zero-order valence-electron chi connectivity index (χ0n) is 12.5. The van der Waals surface area contributed by atoms with E-state index < -0.39 is 0 Å². The summed E-state index contributed by atoms with van der Waals surface area (Å²) in [5.41, 5.74) is 1.31. The molecule has 2 nitrogen and oxygen atoms in total. The van der Waals surface area contributed by atoms with Gasteiger partial charge in [0.2, 0.25) is 0 Å². The number of fused-ring (bicyclic) bond motifs is 2.